The third-order valence-corrected chi connectivity index (χ3v) is 3.84. The second kappa shape index (κ2) is 5.43. The highest BCUT2D eigenvalue weighted by atomic mass is 16.5. The van der Waals surface area contributed by atoms with Gasteiger partial charge < -0.3 is 4.74 Å². The van der Waals surface area contributed by atoms with E-state index in [1.54, 1.807) is 0 Å². The maximum Gasteiger partial charge on any atom is 0.177 e. The summed E-state index contributed by atoms with van der Waals surface area (Å²) < 4.78 is 5.49. The average Bonchev–Trinajstić information content (AvgIpc) is 2.34. The van der Waals surface area contributed by atoms with Gasteiger partial charge in [0.25, 0.3) is 0 Å². The van der Waals surface area contributed by atoms with Crippen LogP contribution in [0.15, 0.2) is 18.2 Å². The summed E-state index contributed by atoms with van der Waals surface area (Å²) in [7, 11) is 0. The van der Waals surface area contributed by atoms with Crippen molar-refractivity contribution < 1.29 is 9.53 Å². The second-order valence-corrected chi connectivity index (χ2v) is 6.03. The van der Waals surface area contributed by atoms with Crippen molar-refractivity contribution in [3.8, 4) is 0 Å². The van der Waals surface area contributed by atoms with Crippen LogP contribution in [-0.4, -0.2) is 42.5 Å². The number of morpholine rings is 1. The smallest absolute Gasteiger partial charge is 0.177 e. The molecule has 0 atom stereocenters. The Labute approximate surface area is 115 Å². The van der Waals surface area contributed by atoms with Crippen LogP contribution in [-0.2, 0) is 4.74 Å². The molecule has 1 aromatic rings. The molecule has 1 aliphatic rings. The van der Waals surface area contributed by atoms with Gasteiger partial charge in [0.1, 0.15) is 0 Å². The van der Waals surface area contributed by atoms with E-state index < -0.39 is 0 Å². The molecule has 1 aliphatic heterocycles. The lowest BCUT2D eigenvalue weighted by Gasteiger charge is -2.41. The summed E-state index contributed by atoms with van der Waals surface area (Å²) in [6.45, 7) is 11.0. The summed E-state index contributed by atoms with van der Waals surface area (Å²) in [5.74, 6) is 0.205. The molecular weight excluding hydrogens is 238 g/mol. The zero-order valence-electron chi connectivity index (χ0n) is 12.3. The number of Topliss-reactive ketones (excluding diaryl/α,β-unsaturated/α-hetero) is 1. The number of hydrogen-bond donors (Lipinski definition) is 0. The van der Waals surface area contributed by atoms with Crippen LogP contribution in [0.4, 0.5) is 0 Å². The van der Waals surface area contributed by atoms with E-state index in [9.17, 15) is 4.79 Å². The van der Waals surface area contributed by atoms with Gasteiger partial charge in [-0.3, -0.25) is 9.69 Å². The Hall–Kier alpha value is -1.19. The Morgan fingerprint density at radius 3 is 2.79 bits per heavy atom. The lowest BCUT2D eigenvalue weighted by Crippen LogP contribution is -2.54. The van der Waals surface area contributed by atoms with Crippen LogP contribution in [0, 0.1) is 13.8 Å². The molecule has 0 amide bonds. The molecule has 1 aromatic carbocycles. The Bertz CT molecular complexity index is 480. The number of ketones is 1. The highest BCUT2D eigenvalue weighted by molar-refractivity contribution is 5.99. The van der Waals surface area contributed by atoms with Gasteiger partial charge in [0.2, 0.25) is 0 Å². The number of carbonyl (C=O) groups is 1. The van der Waals surface area contributed by atoms with E-state index >= 15 is 0 Å². The van der Waals surface area contributed by atoms with Crippen molar-refractivity contribution in [1.29, 1.82) is 0 Å². The molecule has 104 valence electrons. The number of aryl methyl sites for hydroxylation is 2. The maximum absolute atomic E-state index is 12.5. The highest BCUT2D eigenvalue weighted by Crippen LogP contribution is 2.20. The van der Waals surface area contributed by atoms with Crippen LogP contribution in [0.5, 0.6) is 0 Å². The molecule has 0 aromatic heterocycles. The SMILES string of the molecule is Cc1ccc(C)c(C(=O)CN2CCOCC2(C)C)c1. The highest BCUT2D eigenvalue weighted by Gasteiger charge is 2.32. The largest absolute Gasteiger partial charge is 0.378 e. The molecular formula is C16H23NO2. The zero-order chi connectivity index (χ0) is 14.0. The fourth-order valence-electron chi connectivity index (χ4n) is 2.48. The molecule has 0 saturated carbocycles. The van der Waals surface area contributed by atoms with Crippen LogP contribution in [0.2, 0.25) is 0 Å². The fourth-order valence-corrected chi connectivity index (χ4v) is 2.48. The summed E-state index contributed by atoms with van der Waals surface area (Å²) in [6, 6.07) is 6.06. The van der Waals surface area contributed by atoms with Crippen molar-refractivity contribution in [2.75, 3.05) is 26.3 Å². The van der Waals surface area contributed by atoms with Gasteiger partial charge in [-0.2, -0.15) is 0 Å². The summed E-state index contributed by atoms with van der Waals surface area (Å²) >= 11 is 0. The van der Waals surface area contributed by atoms with E-state index in [4.69, 9.17) is 4.74 Å². The predicted molar refractivity (Wildman–Crippen MR) is 76.7 cm³/mol. The lowest BCUT2D eigenvalue weighted by atomic mass is 9.98. The Morgan fingerprint density at radius 1 is 1.37 bits per heavy atom. The first-order valence-electron chi connectivity index (χ1n) is 6.83. The first-order valence-corrected chi connectivity index (χ1v) is 6.83. The molecule has 0 unspecified atom stereocenters. The van der Waals surface area contributed by atoms with Gasteiger partial charge in [-0.25, -0.2) is 0 Å². The third kappa shape index (κ3) is 3.23. The molecule has 1 fully saturated rings. The Morgan fingerprint density at radius 2 is 2.11 bits per heavy atom. The van der Waals surface area contributed by atoms with Crippen molar-refractivity contribution >= 4 is 5.78 Å². The van der Waals surface area contributed by atoms with Crippen LogP contribution < -0.4 is 0 Å². The lowest BCUT2D eigenvalue weighted by molar-refractivity contribution is -0.0467. The Kier molecular flexibility index (Phi) is 4.07. The van der Waals surface area contributed by atoms with E-state index in [2.05, 4.69) is 18.7 Å². The number of ether oxygens (including phenoxy) is 1. The molecule has 3 nitrogen and oxygen atoms in total. The standard InChI is InChI=1S/C16H23NO2/c1-12-5-6-13(2)14(9-12)15(18)10-17-7-8-19-11-16(17,3)4/h5-6,9H,7-8,10-11H2,1-4H3. The van der Waals surface area contributed by atoms with Gasteiger partial charge in [-0.1, -0.05) is 17.7 Å². The summed E-state index contributed by atoms with van der Waals surface area (Å²) in [5, 5.41) is 0. The van der Waals surface area contributed by atoms with E-state index in [1.807, 2.05) is 32.0 Å². The summed E-state index contributed by atoms with van der Waals surface area (Å²) in [4.78, 5) is 14.7. The number of hydrogen-bond acceptors (Lipinski definition) is 3. The molecule has 3 heteroatoms. The molecule has 0 bridgehead atoms. The van der Waals surface area contributed by atoms with E-state index in [1.165, 1.54) is 0 Å². The van der Waals surface area contributed by atoms with Crippen LogP contribution in [0.3, 0.4) is 0 Å². The first kappa shape index (κ1) is 14.2. The average molecular weight is 261 g/mol. The number of carbonyl (C=O) groups excluding carboxylic acids is 1. The quantitative estimate of drug-likeness (QED) is 0.783. The summed E-state index contributed by atoms with van der Waals surface area (Å²) in [6.07, 6.45) is 0. The number of benzene rings is 1. The Balaban J connectivity index is 2.14. The predicted octanol–water partition coefficient (Wildman–Crippen LogP) is 2.60. The van der Waals surface area contributed by atoms with Crippen LogP contribution in [0.25, 0.3) is 0 Å². The molecule has 0 radical (unpaired) electrons. The normalized spacial score (nSPS) is 19.4. The summed E-state index contributed by atoms with van der Waals surface area (Å²) in [5.41, 5.74) is 2.98. The van der Waals surface area contributed by atoms with Crippen molar-refractivity contribution in [2.24, 2.45) is 0 Å². The van der Waals surface area contributed by atoms with Gasteiger partial charge in [0.15, 0.2) is 5.78 Å². The molecule has 0 aliphatic carbocycles. The van der Waals surface area contributed by atoms with Crippen LogP contribution in [0.1, 0.15) is 35.3 Å². The monoisotopic (exact) mass is 261 g/mol. The molecule has 19 heavy (non-hydrogen) atoms. The topological polar surface area (TPSA) is 29.5 Å². The minimum absolute atomic E-state index is 0.0638. The third-order valence-electron chi connectivity index (χ3n) is 3.84. The van der Waals surface area contributed by atoms with E-state index in [0.29, 0.717) is 19.8 Å². The molecule has 1 heterocycles. The molecule has 0 N–H and O–H groups in total. The van der Waals surface area contributed by atoms with Crippen molar-refractivity contribution in [3.05, 3.63) is 34.9 Å². The van der Waals surface area contributed by atoms with Crippen molar-refractivity contribution in [2.45, 2.75) is 33.2 Å². The molecule has 0 spiro atoms. The minimum Gasteiger partial charge on any atom is -0.378 e. The first-order chi connectivity index (χ1) is 8.90. The van der Waals surface area contributed by atoms with Crippen LogP contribution >= 0.6 is 0 Å². The maximum atomic E-state index is 12.5. The van der Waals surface area contributed by atoms with E-state index in [0.717, 1.165) is 23.2 Å². The van der Waals surface area contributed by atoms with Crippen molar-refractivity contribution in [1.82, 2.24) is 4.90 Å². The van der Waals surface area contributed by atoms with E-state index in [-0.39, 0.29) is 11.3 Å². The van der Waals surface area contributed by atoms with Gasteiger partial charge in [-0.15, -0.1) is 0 Å². The van der Waals surface area contributed by atoms with Gasteiger partial charge >= 0.3 is 0 Å². The van der Waals surface area contributed by atoms with Crippen molar-refractivity contribution in [3.63, 3.8) is 0 Å². The molecule has 1 saturated heterocycles. The fraction of sp³-hybridized carbons (Fsp3) is 0.562. The number of nitrogens with zero attached hydrogens (tertiary/aromatic N) is 1. The zero-order valence-corrected chi connectivity index (χ0v) is 12.3. The minimum atomic E-state index is -0.0638. The molecule has 2 rings (SSSR count). The number of rotatable bonds is 3. The second-order valence-electron chi connectivity index (χ2n) is 6.03. The van der Waals surface area contributed by atoms with Gasteiger partial charge in [-0.05, 0) is 39.3 Å². The van der Waals surface area contributed by atoms with Gasteiger partial charge in [0, 0.05) is 17.6 Å². The van der Waals surface area contributed by atoms with Gasteiger partial charge in [0.05, 0.1) is 19.8 Å².